The van der Waals surface area contributed by atoms with Gasteiger partial charge in [-0.3, -0.25) is 9.59 Å². The molecular weight excluding hydrogens is 116 g/mol. The lowest BCUT2D eigenvalue weighted by molar-refractivity contribution is -0.127. The molecule has 0 rings (SSSR count). The van der Waals surface area contributed by atoms with E-state index in [-0.39, 0.29) is 6.29 Å². The molecule has 2 heteroatoms. The molecule has 2 nitrogen and oxygen atoms in total. The van der Waals surface area contributed by atoms with Gasteiger partial charge in [-0.05, 0) is 12.0 Å². The van der Waals surface area contributed by atoms with Crippen molar-refractivity contribution in [2.24, 2.45) is 0 Å². The second-order valence-corrected chi connectivity index (χ2v) is 1.58. The molecule has 0 atom stereocenters. The van der Waals surface area contributed by atoms with Crippen LogP contribution in [0.4, 0.5) is 0 Å². The Morgan fingerprint density at radius 2 is 2.11 bits per heavy atom. The van der Waals surface area contributed by atoms with Gasteiger partial charge in [0.1, 0.15) is 0 Å². The van der Waals surface area contributed by atoms with E-state index < -0.39 is 5.78 Å². The van der Waals surface area contributed by atoms with E-state index in [1.54, 1.807) is 0 Å². The van der Waals surface area contributed by atoms with Crippen molar-refractivity contribution in [1.82, 2.24) is 0 Å². The van der Waals surface area contributed by atoms with Crippen molar-refractivity contribution in [2.75, 3.05) is 0 Å². The molecule has 0 unspecified atom stereocenters. The average Bonchev–Trinajstić information content (AvgIpc) is 1.87. The largest absolute Gasteiger partial charge is 0.294 e. The molecule has 0 aromatic heterocycles. The minimum Gasteiger partial charge on any atom is -0.294 e. The molecule has 0 aliphatic heterocycles. The number of Topliss-reactive ketones (excluding diaryl/α,β-unsaturated/α-hetero) is 1. The van der Waals surface area contributed by atoms with Gasteiger partial charge in [0.2, 0.25) is 5.78 Å². The van der Waals surface area contributed by atoms with E-state index in [4.69, 9.17) is 0 Å². The number of allylic oxidation sites excluding steroid dienone is 2. The van der Waals surface area contributed by atoms with Gasteiger partial charge in [0.05, 0.1) is 0 Å². The molecule has 0 fully saturated rings. The highest BCUT2D eigenvalue weighted by Crippen LogP contribution is 1.96. The van der Waals surface area contributed by atoms with Crippen LogP contribution in [-0.2, 0) is 9.59 Å². The number of hydrogen-bond acceptors (Lipinski definition) is 2. The summed E-state index contributed by atoms with van der Waals surface area (Å²) in [5.41, 5.74) is 0.292. The maximum Gasteiger partial charge on any atom is 0.221 e. The standard InChI is InChI=1S/C7H8O2/c1-3-4-6(2)7(9)5-8/h3,5H,1-2,4H2. The number of aldehydes is 1. The molecule has 0 amide bonds. The zero-order valence-corrected chi connectivity index (χ0v) is 5.09. The first-order valence-electron chi connectivity index (χ1n) is 2.50. The van der Waals surface area contributed by atoms with E-state index in [0.717, 1.165) is 0 Å². The summed E-state index contributed by atoms with van der Waals surface area (Å²) in [6.07, 6.45) is 2.17. The molecule has 0 saturated carbocycles. The Kier molecular flexibility index (Phi) is 3.28. The van der Waals surface area contributed by atoms with Crippen LogP contribution in [0.25, 0.3) is 0 Å². The molecule has 0 heterocycles. The van der Waals surface area contributed by atoms with Gasteiger partial charge in [0, 0.05) is 0 Å². The Morgan fingerprint density at radius 1 is 1.56 bits per heavy atom. The van der Waals surface area contributed by atoms with E-state index in [2.05, 4.69) is 13.2 Å². The predicted octanol–water partition coefficient (Wildman–Crippen LogP) is 0.887. The lowest BCUT2D eigenvalue weighted by Crippen LogP contribution is -2.00. The minimum absolute atomic E-state index is 0.256. The maximum absolute atomic E-state index is 10.4. The molecule has 0 bridgehead atoms. The van der Waals surface area contributed by atoms with Gasteiger partial charge in [0.25, 0.3) is 0 Å². The second kappa shape index (κ2) is 3.78. The molecular formula is C7H8O2. The fourth-order valence-corrected chi connectivity index (χ4v) is 0.358. The number of hydrogen-bond donors (Lipinski definition) is 0. The topological polar surface area (TPSA) is 34.1 Å². The van der Waals surface area contributed by atoms with Crippen molar-refractivity contribution in [2.45, 2.75) is 6.42 Å². The Labute approximate surface area is 53.9 Å². The van der Waals surface area contributed by atoms with Crippen LogP contribution in [0.2, 0.25) is 0 Å². The van der Waals surface area contributed by atoms with Crippen LogP contribution in [0, 0.1) is 0 Å². The quantitative estimate of drug-likeness (QED) is 0.241. The SMILES string of the molecule is C=CCC(=C)C(=O)C=O. The van der Waals surface area contributed by atoms with Crippen molar-refractivity contribution < 1.29 is 9.59 Å². The van der Waals surface area contributed by atoms with Crippen molar-refractivity contribution in [3.63, 3.8) is 0 Å². The van der Waals surface area contributed by atoms with Gasteiger partial charge in [-0.25, -0.2) is 0 Å². The van der Waals surface area contributed by atoms with Crippen LogP contribution < -0.4 is 0 Å². The van der Waals surface area contributed by atoms with Crippen LogP contribution in [-0.4, -0.2) is 12.1 Å². The predicted molar refractivity (Wildman–Crippen MR) is 35.0 cm³/mol. The third-order valence-corrected chi connectivity index (χ3v) is 0.846. The maximum atomic E-state index is 10.4. The molecule has 0 aromatic rings. The zero-order valence-electron chi connectivity index (χ0n) is 5.09. The van der Waals surface area contributed by atoms with Crippen molar-refractivity contribution >= 4 is 12.1 Å². The number of rotatable bonds is 4. The van der Waals surface area contributed by atoms with Crippen LogP contribution in [0.15, 0.2) is 24.8 Å². The summed E-state index contributed by atoms with van der Waals surface area (Å²) in [4.78, 5) is 20.2. The second-order valence-electron chi connectivity index (χ2n) is 1.58. The molecule has 0 spiro atoms. The minimum atomic E-state index is -0.546. The summed E-state index contributed by atoms with van der Waals surface area (Å²) >= 11 is 0. The first-order valence-corrected chi connectivity index (χ1v) is 2.50. The van der Waals surface area contributed by atoms with Crippen molar-refractivity contribution in [3.05, 3.63) is 24.8 Å². The Balaban J connectivity index is 3.87. The molecule has 0 saturated heterocycles. The highest BCUT2D eigenvalue weighted by molar-refractivity contribution is 6.32. The summed E-state index contributed by atoms with van der Waals surface area (Å²) in [5, 5.41) is 0. The summed E-state index contributed by atoms with van der Waals surface area (Å²) in [6, 6.07) is 0. The Bertz CT molecular complexity index is 156. The number of carbonyl (C=O) groups excluding carboxylic acids is 2. The molecule has 0 radical (unpaired) electrons. The van der Waals surface area contributed by atoms with E-state index in [1.165, 1.54) is 6.08 Å². The molecule has 0 N–H and O–H groups in total. The highest BCUT2D eigenvalue weighted by atomic mass is 16.2. The first kappa shape index (κ1) is 7.82. The van der Waals surface area contributed by atoms with Gasteiger partial charge >= 0.3 is 0 Å². The Hall–Kier alpha value is -1.18. The average molecular weight is 124 g/mol. The smallest absolute Gasteiger partial charge is 0.221 e. The van der Waals surface area contributed by atoms with E-state index >= 15 is 0 Å². The fraction of sp³-hybridized carbons (Fsp3) is 0.143. The number of carbonyl (C=O) groups is 2. The molecule has 48 valence electrons. The van der Waals surface area contributed by atoms with Gasteiger partial charge in [-0.2, -0.15) is 0 Å². The van der Waals surface area contributed by atoms with Gasteiger partial charge in [-0.1, -0.05) is 12.7 Å². The monoisotopic (exact) mass is 124 g/mol. The number of ketones is 1. The van der Waals surface area contributed by atoms with E-state index in [9.17, 15) is 9.59 Å². The molecule has 0 aliphatic rings. The van der Waals surface area contributed by atoms with Gasteiger partial charge in [-0.15, -0.1) is 6.58 Å². The van der Waals surface area contributed by atoms with Crippen LogP contribution >= 0.6 is 0 Å². The fourth-order valence-electron chi connectivity index (χ4n) is 0.358. The van der Waals surface area contributed by atoms with Crippen molar-refractivity contribution in [1.29, 1.82) is 0 Å². The van der Waals surface area contributed by atoms with E-state index in [1.807, 2.05) is 0 Å². The van der Waals surface area contributed by atoms with Gasteiger partial charge in [0.15, 0.2) is 6.29 Å². The Morgan fingerprint density at radius 3 is 2.44 bits per heavy atom. The summed E-state index contributed by atoms with van der Waals surface area (Å²) in [7, 11) is 0. The van der Waals surface area contributed by atoms with Gasteiger partial charge < -0.3 is 0 Å². The lowest BCUT2D eigenvalue weighted by Gasteiger charge is -1.89. The molecule has 9 heavy (non-hydrogen) atoms. The van der Waals surface area contributed by atoms with Crippen molar-refractivity contribution in [3.8, 4) is 0 Å². The highest BCUT2D eigenvalue weighted by Gasteiger charge is 2.00. The van der Waals surface area contributed by atoms with Crippen LogP contribution in [0.5, 0.6) is 0 Å². The normalized spacial score (nSPS) is 8.00. The summed E-state index contributed by atoms with van der Waals surface area (Å²) in [5.74, 6) is -0.546. The first-order chi connectivity index (χ1) is 4.22. The van der Waals surface area contributed by atoms with E-state index in [0.29, 0.717) is 12.0 Å². The van der Waals surface area contributed by atoms with Crippen LogP contribution in [0.3, 0.4) is 0 Å². The molecule has 0 aliphatic carbocycles. The summed E-state index contributed by atoms with van der Waals surface area (Å²) < 4.78 is 0. The zero-order chi connectivity index (χ0) is 7.28. The molecule has 0 aromatic carbocycles. The third-order valence-electron chi connectivity index (χ3n) is 0.846. The summed E-state index contributed by atoms with van der Waals surface area (Å²) in [6.45, 7) is 6.75. The lowest BCUT2D eigenvalue weighted by atomic mass is 10.1. The third kappa shape index (κ3) is 2.59. The van der Waals surface area contributed by atoms with Crippen LogP contribution in [0.1, 0.15) is 6.42 Å².